The summed E-state index contributed by atoms with van der Waals surface area (Å²) < 4.78 is 10.4. The van der Waals surface area contributed by atoms with Crippen LogP contribution in [0.3, 0.4) is 0 Å². The number of hydrogen-bond acceptors (Lipinski definition) is 4. The molecule has 0 amide bonds. The number of carbonyl (C=O) groups is 1. The maximum atomic E-state index is 10.7. The molecule has 1 fully saturated rings. The van der Waals surface area contributed by atoms with Gasteiger partial charge in [-0.05, 0) is 12.1 Å². The van der Waals surface area contributed by atoms with Crippen LogP contribution in [0.1, 0.15) is 22.2 Å². The summed E-state index contributed by atoms with van der Waals surface area (Å²) in [6.07, 6.45) is -0.524. The van der Waals surface area contributed by atoms with Gasteiger partial charge in [-0.1, -0.05) is 6.07 Å². The monoisotopic (exact) mass is 210 g/mol. The molecule has 1 aromatic carbocycles. The Labute approximate surface area is 85.9 Å². The fraction of sp³-hybridized carbons (Fsp3) is 0.300. The van der Waals surface area contributed by atoms with Gasteiger partial charge < -0.3 is 19.7 Å². The lowest BCUT2D eigenvalue weighted by atomic mass is 10.1. The first-order valence-corrected chi connectivity index (χ1v) is 4.48. The molecular formula is C10H10O5. The van der Waals surface area contributed by atoms with Crippen molar-refractivity contribution in [3.8, 4) is 5.75 Å². The molecule has 0 spiro atoms. The van der Waals surface area contributed by atoms with E-state index in [1.54, 1.807) is 6.07 Å². The van der Waals surface area contributed by atoms with Gasteiger partial charge in [0.15, 0.2) is 6.29 Å². The summed E-state index contributed by atoms with van der Waals surface area (Å²) in [5.41, 5.74) is 0.453. The molecule has 1 saturated heterocycles. The van der Waals surface area contributed by atoms with Gasteiger partial charge in [-0.25, -0.2) is 4.79 Å². The van der Waals surface area contributed by atoms with E-state index >= 15 is 0 Å². The summed E-state index contributed by atoms with van der Waals surface area (Å²) in [4.78, 5) is 10.7. The van der Waals surface area contributed by atoms with Gasteiger partial charge in [0.25, 0.3) is 0 Å². The highest BCUT2D eigenvalue weighted by Gasteiger charge is 2.20. The van der Waals surface area contributed by atoms with Crippen LogP contribution in [0.15, 0.2) is 18.2 Å². The van der Waals surface area contributed by atoms with Crippen molar-refractivity contribution in [3.63, 3.8) is 0 Å². The van der Waals surface area contributed by atoms with E-state index in [9.17, 15) is 9.90 Å². The molecule has 0 aromatic heterocycles. The third-order valence-electron chi connectivity index (χ3n) is 2.14. The second-order valence-corrected chi connectivity index (χ2v) is 3.16. The molecule has 5 nitrogen and oxygen atoms in total. The molecule has 1 aliphatic heterocycles. The Morgan fingerprint density at radius 3 is 2.60 bits per heavy atom. The number of aromatic hydroxyl groups is 1. The summed E-state index contributed by atoms with van der Waals surface area (Å²) >= 11 is 0. The zero-order chi connectivity index (χ0) is 10.8. The normalized spacial score (nSPS) is 16.8. The zero-order valence-corrected chi connectivity index (χ0v) is 7.84. The summed E-state index contributed by atoms with van der Waals surface area (Å²) in [7, 11) is 0. The molecule has 1 aliphatic rings. The summed E-state index contributed by atoms with van der Waals surface area (Å²) in [5.74, 6) is -1.43. The van der Waals surface area contributed by atoms with Gasteiger partial charge in [0.1, 0.15) is 11.3 Å². The lowest BCUT2D eigenvalue weighted by Gasteiger charge is -2.10. The second kappa shape index (κ2) is 3.88. The molecule has 0 unspecified atom stereocenters. The average Bonchev–Trinajstić information content (AvgIpc) is 2.71. The fourth-order valence-corrected chi connectivity index (χ4v) is 1.42. The number of carboxylic acids is 1. The van der Waals surface area contributed by atoms with Crippen LogP contribution in [0.2, 0.25) is 0 Å². The van der Waals surface area contributed by atoms with E-state index in [0.717, 1.165) is 0 Å². The minimum atomic E-state index is -1.17. The molecule has 1 heterocycles. The average molecular weight is 210 g/mol. The first kappa shape index (κ1) is 9.95. The predicted octanol–water partition coefficient (Wildman–Crippen LogP) is 1.14. The highest BCUT2D eigenvalue weighted by molar-refractivity contribution is 5.90. The third kappa shape index (κ3) is 1.93. The molecule has 2 rings (SSSR count). The molecule has 15 heavy (non-hydrogen) atoms. The van der Waals surface area contributed by atoms with Crippen LogP contribution in [0.4, 0.5) is 0 Å². The first-order valence-electron chi connectivity index (χ1n) is 4.48. The molecule has 1 aromatic rings. The number of phenols is 1. The topological polar surface area (TPSA) is 76.0 Å². The van der Waals surface area contributed by atoms with E-state index in [-0.39, 0.29) is 11.3 Å². The molecule has 0 bridgehead atoms. The van der Waals surface area contributed by atoms with Crippen molar-refractivity contribution in [2.24, 2.45) is 0 Å². The number of carboxylic acid groups (broad SMARTS) is 1. The van der Waals surface area contributed by atoms with Crippen molar-refractivity contribution in [3.05, 3.63) is 29.3 Å². The van der Waals surface area contributed by atoms with Gasteiger partial charge in [0.2, 0.25) is 0 Å². The van der Waals surface area contributed by atoms with Crippen LogP contribution < -0.4 is 0 Å². The minimum absolute atomic E-state index is 0.147. The molecule has 0 radical (unpaired) electrons. The van der Waals surface area contributed by atoms with Crippen molar-refractivity contribution >= 4 is 5.97 Å². The van der Waals surface area contributed by atoms with Crippen molar-refractivity contribution in [2.75, 3.05) is 13.2 Å². The lowest BCUT2D eigenvalue weighted by Crippen LogP contribution is -2.02. The lowest BCUT2D eigenvalue weighted by molar-refractivity contribution is -0.0441. The largest absolute Gasteiger partial charge is 0.507 e. The fourth-order valence-electron chi connectivity index (χ4n) is 1.42. The van der Waals surface area contributed by atoms with Crippen LogP contribution in [0.25, 0.3) is 0 Å². The Bertz CT molecular complexity index is 381. The molecule has 2 N–H and O–H groups in total. The van der Waals surface area contributed by atoms with Crippen LogP contribution in [-0.4, -0.2) is 29.4 Å². The Morgan fingerprint density at radius 1 is 1.33 bits per heavy atom. The Hall–Kier alpha value is -1.59. The highest BCUT2D eigenvalue weighted by Crippen LogP contribution is 2.27. The van der Waals surface area contributed by atoms with Gasteiger partial charge in [-0.2, -0.15) is 0 Å². The van der Waals surface area contributed by atoms with E-state index in [4.69, 9.17) is 14.6 Å². The predicted molar refractivity (Wildman–Crippen MR) is 49.7 cm³/mol. The van der Waals surface area contributed by atoms with Crippen molar-refractivity contribution in [2.45, 2.75) is 6.29 Å². The summed E-state index contributed by atoms with van der Waals surface area (Å²) in [6, 6.07) is 4.26. The second-order valence-electron chi connectivity index (χ2n) is 3.16. The van der Waals surface area contributed by atoms with Crippen molar-refractivity contribution in [1.82, 2.24) is 0 Å². The Balaban J connectivity index is 2.33. The maximum absolute atomic E-state index is 10.7. The molecule has 5 heteroatoms. The van der Waals surface area contributed by atoms with E-state index < -0.39 is 12.3 Å². The van der Waals surface area contributed by atoms with E-state index in [0.29, 0.717) is 18.8 Å². The quantitative estimate of drug-likeness (QED) is 0.765. The number of ether oxygens (including phenoxy) is 2. The molecular weight excluding hydrogens is 200 g/mol. The van der Waals surface area contributed by atoms with Crippen molar-refractivity contribution < 1.29 is 24.5 Å². The number of aromatic carboxylic acids is 1. The highest BCUT2D eigenvalue weighted by atomic mass is 16.7. The number of benzene rings is 1. The van der Waals surface area contributed by atoms with Gasteiger partial charge >= 0.3 is 5.97 Å². The molecule has 0 aliphatic carbocycles. The Morgan fingerprint density at radius 2 is 2.00 bits per heavy atom. The third-order valence-corrected chi connectivity index (χ3v) is 2.14. The first-order chi connectivity index (χ1) is 7.18. The van der Waals surface area contributed by atoms with Crippen LogP contribution in [-0.2, 0) is 9.47 Å². The van der Waals surface area contributed by atoms with Gasteiger partial charge in [0.05, 0.1) is 13.2 Å². The number of hydrogen-bond donors (Lipinski definition) is 2. The van der Waals surface area contributed by atoms with E-state index in [1.165, 1.54) is 12.1 Å². The minimum Gasteiger partial charge on any atom is -0.507 e. The summed E-state index contributed by atoms with van der Waals surface area (Å²) in [6.45, 7) is 0.988. The zero-order valence-electron chi connectivity index (χ0n) is 7.84. The summed E-state index contributed by atoms with van der Waals surface area (Å²) in [5, 5.41) is 18.1. The molecule has 0 atom stereocenters. The maximum Gasteiger partial charge on any atom is 0.339 e. The standard InChI is InChI=1S/C10H10O5/c11-8-2-1-6(5-7(8)9(12)13)10-14-3-4-15-10/h1-2,5,10-11H,3-4H2,(H,12,13). The molecule has 80 valence electrons. The van der Waals surface area contributed by atoms with Crippen LogP contribution in [0.5, 0.6) is 5.75 Å². The van der Waals surface area contributed by atoms with Crippen LogP contribution in [0, 0.1) is 0 Å². The van der Waals surface area contributed by atoms with E-state index in [1.807, 2.05) is 0 Å². The van der Waals surface area contributed by atoms with Gasteiger partial charge in [-0.15, -0.1) is 0 Å². The van der Waals surface area contributed by atoms with Crippen LogP contribution >= 0.6 is 0 Å². The van der Waals surface area contributed by atoms with Crippen molar-refractivity contribution in [1.29, 1.82) is 0 Å². The molecule has 0 saturated carbocycles. The van der Waals surface area contributed by atoms with Gasteiger partial charge in [-0.3, -0.25) is 0 Å². The SMILES string of the molecule is O=C(O)c1cc(C2OCCO2)ccc1O. The van der Waals surface area contributed by atoms with Gasteiger partial charge in [0, 0.05) is 5.56 Å². The Kier molecular flexibility index (Phi) is 2.57. The smallest absolute Gasteiger partial charge is 0.339 e. The number of rotatable bonds is 2. The van der Waals surface area contributed by atoms with E-state index in [2.05, 4.69) is 0 Å².